The van der Waals surface area contributed by atoms with E-state index in [0.717, 1.165) is 11.5 Å². The van der Waals surface area contributed by atoms with E-state index in [4.69, 9.17) is 8.92 Å². The predicted molar refractivity (Wildman–Crippen MR) is 127 cm³/mol. The van der Waals surface area contributed by atoms with Crippen molar-refractivity contribution >= 4 is 31.7 Å². The van der Waals surface area contributed by atoms with Gasteiger partial charge in [0.05, 0.1) is 7.11 Å². The summed E-state index contributed by atoms with van der Waals surface area (Å²) in [6.07, 6.45) is 0. The summed E-state index contributed by atoms with van der Waals surface area (Å²) < 4.78 is 13.3. The maximum absolute atomic E-state index is 6.74. The van der Waals surface area contributed by atoms with Gasteiger partial charge in [-0.05, 0) is 59.5 Å². The third kappa shape index (κ3) is 3.90. The first-order valence-corrected chi connectivity index (χ1v) is 12.5. The quantitative estimate of drug-likeness (QED) is 0.390. The highest BCUT2D eigenvalue weighted by Gasteiger charge is 2.37. The fourth-order valence-corrected chi connectivity index (χ4v) is 9.43. The summed E-state index contributed by atoms with van der Waals surface area (Å²) in [5, 5.41) is 2.81. The first kappa shape index (κ1) is 21.1. The molecule has 0 saturated heterocycles. The molecule has 4 heteroatoms. The fraction of sp³-hybridized carbons (Fsp3) is 0.417. The van der Waals surface area contributed by atoms with Crippen LogP contribution in [-0.4, -0.2) is 22.9 Å². The Hall–Kier alpha value is -1.65. The lowest BCUT2D eigenvalue weighted by Gasteiger charge is -2.50. The molecule has 1 aromatic heterocycles. The molecule has 3 rings (SSSR count). The van der Waals surface area contributed by atoms with Gasteiger partial charge in [-0.25, -0.2) is 0 Å². The van der Waals surface area contributed by atoms with Crippen LogP contribution in [0.5, 0.6) is 11.5 Å². The van der Waals surface area contributed by atoms with Crippen molar-refractivity contribution in [3.05, 3.63) is 48.5 Å². The summed E-state index contributed by atoms with van der Waals surface area (Å²) >= 11 is 1.80. The van der Waals surface area contributed by atoms with Crippen LogP contribution in [0.15, 0.2) is 48.5 Å². The van der Waals surface area contributed by atoms with Crippen LogP contribution >= 0.6 is 21.6 Å². The average molecular weight is 417 g/mol. The molecule has 0 N–H and O–H groups in total. The normalized spacial score (nSPS) is 12.9. The van der Waals surface area contributed by atoms with E-state index in [0.29, 0.717) is 15.7 Å². The minimum absolute atomic E-state index is 0.518. The van der Waals surface area contributed by atoms with Gasteiger partial charge in [-0.15, -0.1) is 11.3 Å². The summed E-state index contributed by atoms with van der Waals surface area (Å²) in [6.45, 7) is 13.8. The van der Waals surface area contributed by atoms with Crippen LogP contribution in [0.1, 0.15) is 41.5 Å². The Morgan fingerprint density at radius 3 is 1.86 bits per heavy atom. The van der Waals surface area contributed by atoms with E-state index in [1.54, 1.807) is 18.4 Å². The first-order chi connectivity index (χ1) is 13.3. The standard InChI is InChI=1S/C24H32O2S2/c1-16(2)28(17(3)4,18(5)6)26-21-11-8-19(9-12-21)23-14-20-10-13-22(25-7)15-24(20)27-23/h8-18H,1-7H3. The second kappa shape index (κ2) is 8.38. The Morgan fingerprint density at radius 1 is 0.750 bits per heavy atom. The zero-order valence-electron chi connectivity index (χ0n) is 18.0. The van der Waals surface area contributed by atoms with Crippen LogP contribution in [0, 0.1) is 0 Å². The van der Waals surface area contributed by atoms with Crippen molar-refractivity contribution in [3.8, 4) is 21.9 Å². The molecule has 152 valence electrons. The number of thiophene rings is 1. The lowest BCUT2D eigenvalue weighted by Crippen LogP contribution is -2.32. The third-order valence-electron chi connectivity index (χ3n) is 5.32. The van der Waals surface area contributed by atoms with Crippen LogP contribution in [0.3, 0.4) is 0 Å². The van der Waals surface area contributed by atoms with Gasteiger partial charge in [0, 0.05) is 25.3 Å². The Morgan fingerprint density at radius 2 is 1.32 bits per heavy atom. The molecule has 0 saturated carbocycles. The van der Waals surface area contributed by atoms with Crippen molar-refractivity contribution in [3.63, 3.8) is 0 Å². The minimum atomic E-state index is -1.22. The van der Waals surface area contributed by atoms with Crippen LogP contribution in [0.4, 0.5) is 0 Å². The largest absolute Gasteiger partial charge is 0.497 e. The summed E-state index contributed by atoms with van der Waals surface area (Å²) in [6, 6.07) is 17.1. The van der Waals surface area contributed by atoms with Crippen LogP contribution < -0.4 is 8.92 Å². The lowest BCUT2D eigenvalue weighted by atomic mass is 10.1. The molecule has 0 aliphatic heterocycles. The van der Waals surface area contributed by atoms with E-state index in [1.165, 1.54) is 20.5 Å². The smallest absolute Gasteiger partial charge is 0.134 e. The zero-order chi connectivity index (χ0) is 20.5. The van der Waals surface area contributed by atoms with Crippen molar-refractivity contribution in [1.82, 2.24) is 0 Å². The highest BCUT2D eigenvalue weighted by atomic mass is 32.3. The number of benzene rings is 2. The molecular formula is C24H32O2S2. The Labute approximate surface area is 175 Å². The van der Waals surface area contributed by atoms with Gasteiger partial charge in [0.1, 0.15) is 11.5 Å². The maximum atomic E-state index is 6.74. The maximum Gasteiger partial charge on any atom is 0.134 e. The molecule has 2 aromatic carbocycles. The van der Waals surface area contributed by atoms with E-state index in [-0.39, 0.29) is 0 Å². The zero-order valence-corrected chi connectivity index (χ0v) is 19.6. The predicted octanol–water partition coefficient (Wildman–Crippen LogP) is 7.90. The van der Waals surface area contributed by atoms with Crippen molar-refractivity contribution in [2.45, 2.75) is 57.3 Å². The molecule has 0 bridgehead atoms. The molecule has 0 radical (unpaired) electrons. The lowest BCUT2D eigenvalue weighted by molar-refractivity contribution is 0.415. The number of rotatable bonds is 7. The Bertz CT molecular complexity index is 902. The Kier molecular flexibility index (Phi) is 6.31. The summed E-state index contributed by atoms with van der Waals surface area (Å²) in [7, 11) is 0.494. The minimum Gasteiger partial charge on any atom is -0.497 e. The Balaban J connectivity index is 1.89. The molecule has 1 heterocycles. The van der Waals surface area contributed by atoms with Gasteiger partial charge < -0.3 is 8.92 Å². The summed E-state index contributed by atoms with van der Waals surface area (Å²) in [4.78, 5) is 1.27. The van der Waals surface area contributed by atoms with Gasteiger partial charge >= 0.3 is 0 Å². The third-order valence-corrected chi connectivity index (χ3v) is 11.4. The average Bonchev–Trinajstić information content (AvgIpc) is 3.08. The molecule has 2 nitrogen and oxygen atoms in total. The van der Waals surface area contributed by atoms with E-state index < -0.39 is 10.3 Å². The molecule has 3 aromatic rings. The second-order valence-electron chi connectivity index (χ2n) is 7.97. The van der Waals surface area contributed by atoms with Gasteiger partial charge in [0.15, 0.2) is 0 Å². The molecule has 0 aliphatic rings. The van der Waals surface area contributed by atoms with E-state index in [9.17, 15) is 0 Å². The molecule has 28 heavy (non-hydrogen) atoms. The van der Waals surface area contributed by atoms with Crippen LogP contribution in [0.2, 0.25) is 0 Å². The number of fused-ring (bicyclic) bond motifs is 1. The highest BCUT2D eigenvalue weighted by Crippen LogP contribution is 2.60. The number of hydrogen-bond donors (Lipinski definition) is 0. The van der Waals surface area contributed by atoms with Crippen LogP contribution in [0.25, 0.3) is 20.5 Å². The molecule has 0 fully saturated rings. The van der Waals surface area contributed by atoms with Crippen molar-refractivity contribution in [2.24, 2.45) is 0 Å². The summed E-state index contributed by atoms with van der Waals surface area (Å²) in [5.74, 6) is 1.89. The second-order valence-corrected chi connectivity index (χ2v) is 13.4. The van der Waals surface area contributed by atoms with Gasteiger partial charge in [-0.2, -0.15) is 0 Å². The highest BCUT2D eigenvalue weighted by molar-refractivity contribution is 8.31. The van der Waals surface area contributed by atoms with Gasteiger partial charge in [0.25, 0.3) is 0 Å². The van der Waals surface area contributed by atoms with E-state index >= 15 is 0 Å². The molecule has 0 amide bonds. The topological polar surface area (TPSA) is 18.5 Å². The van der Waals surface area contributed by atoms with Gasteiger partial charge in [-0.1, -0.05) is 51.9 Å². The van der Waals surface area contributed by atoms with E-state index in [2.05, 4.69) is 84.0 Å². The number of methoxy groups -OCH3 is 1. The fourth-order valence-electron chi connectivity index (χ4n) is 4.04. The SMILES string of the molecule is COc1ccc2cc(-c3ccc(OS(C(C)C)(C(C)C)C(C)C)cc3)sc2c1. The van der Waals surface area contributed by atoms with Crippen LogP contribution in [-0.2, 0) is 0 Å². The van der Waals surface area contributed by atoms with Gasteiger partial charge in [0.2, 0.25) is 0 Å². The molecular weight excluding hydrogens is 384 g/mol. The summed E-state index contributed by atoms with van der Waals surface area (Å²) in [5.41, 5.74) is 1.23. The molecule has 0 atom stereocenters. The van der Waals surface area contributed by atoms with Crippen molar-refractivity contribution in [1.29, 1.82) is 0 Å². The molecule has 0 aliphatic carbocycles. The van der Waals surface area contributed by atoms with Crippen molar-refractivity contribution < 1.29 is 8.92 Å². The van der Waals surface area contributed by atoms with E-state index in [1.807, 2.05) is 6.07 Å². The number of ether oxygens (including phenoxy) is 1. The molecule has 0 unspecified atom stereocenters. The van der Waals surface area contributed by atoms with Crippen molar-refractivity contribution in [2.75, 3.05) is 7.11 Å². The monoisotopic (exact) mass is 416 g/mol. The number of hydrogen-bond acceptors (Lipinski definition) is 3. The first-order valence-electron chi connectivity index (χ1n) is 9.95. The molecule has 0 spiro atoms. The van der Waals surface area contributed by atoms with Gasteiger partial charge in [-0.3, -0.25) is 0 Å².